The van der Waals surface area contributed by atoms with Crippen LogP contribution < -0.4 is 0 Å². The zero-order valence-corrected chi connectivity index (χ0v) is 10.0. The van der Waals surface area contributed by atoms with Crippen LogP contribution in [0.15, 0.2) is 36.5 Å². The Bertz CT molecular complexity index is 537. The summed E-state index contributed by atoms with van der Waals surface area (Å²) in [4.78, 5) is 4.50. The van der Waals surface area contributed by atoms with Gasteiger partial charge in [0.05, 0.1) is 11.6 Å². The van der Waals surface area contributed by atoms with Crippen molar-refractivity contribution in [1.82, 2.24) is 4.98 Å². The van der Waals surface area contributed by atoms with E-state index in [1.807, 2.05) is 24.4 Å². The zero-order chi connectivity index (χ0) is 11.8. The topological polar surface area (TPSA) is 33.1 Å². The molecule has 1 aliphatic carbocycles. The fourth-order valence-electron chi connectivity index (χ4n) is 2.91. The number of pyridine rings is 1. The Balaban J connectivity index is 2.01. The van der Waals surface area contributed by atoms with Crippen LogP contribution in [0.4, 0.5) is 0 Å². The lowest BCUT2D eigenvalue weighted by Gasteiger charge is -2.17. The predicted octanol–water partition coefficient (Wildman–Crippen LogP) is 3.11. The molecule has 1 fully saturated rings. The van der Waals surface area contributed by atoms with Gasteiger partial charge in [-0.3, -0.25) is 4.98 Å². The van der Waals surface area contributed by atoms with E-state index in [9.17, 15) is 5.11 Å². The van der Waals surface area contributed by atoms with E-state index >= 15 is 0 Å². The number of hydrogen-bond donors (Lipinski definition) is 1. The van der Waals surface area contributed by atoms with Crippen LogP contribution in [-0.4, -0.2) is 16.2 Å². The van der Waals surface area contributed by atoms with E-state index in [0.717, 1.165) is 18.4 Å². The minimum atomic E-state index is -0.147. The number of aliphatic hydroxyl groups excluding tert-OH is 1. The molecule has 2 aromatic rings. The third-order valence-corrected chi connectivity index (χ3v) is 4.05. The summed E-state index contributed by atoms with van der Waals surface area (Å²) in [5, 5.41) is 11.0. The summed E-state index contributed by atoms with van der Waals surface area (Å²) in [6.45, 7) is 2.14. The van der Waals surface area contributed by atoms with Crippen molar-refractivity contribution in [2.24, 2.45) is 5.92 Å². The molecule has 17 heavy (non-hydrogen) atoms. The van der Waals surface area contributed by atoms with Gasteiger partial charge in [-0.2, -0.15) is 0 Å². The summed E-state index contributed by atoms with van der Waals surface area (Å²) in [7, 11) is 0. The maximum absolute atomic E-state index is 9.82. The number of rotatable bonds is 1. The second-order valence-electron chi connectivity index (χ2n) is 5.07. The van der Waals surface area contributed by atoms with Crippen molar-refractivity contribution in [2.45, 2.75) is 31.8 Å². The van der Waals surface area contributed by atoms with Gasteiger partial charge in [0.15, 0.2) is 0 Å². The molecule has 0 amide bonds. The van der Waals surface area contributed by atoms with Gasteiger partial charge < -0.3 is 5.11 Å². The van der Waals surface area contributed by atoms with Crippen LogP contribution in [0.2, 0.25) is 0 Å². The lowest BCUT2D eigenvalue weighted by Crippen LogP contribution is -2.14. The molecule has 0 bridgehead atoms. The van der Waals surface area contributed by atoms with E-state index in [4.69, 9.17) is 0 Å². The van der Waals surface area contributed by atoms with Gasteiger partial charge in [-0.1, -0.05) is 25.1 Å². The van der Waals surface area contributed by atoms with E-state index in [1.54, 1.807) is 0 Å². The summed E-state index contributed by atoms with van der Waals surface area (Å²) < 4.78 is 0. The van der Waals surface area contributed by atoms with Crippen molar-refractivity contribution in [2.75, 3.05) is 0 Å². The molecule has 2 nitrogen and oxygen atoms in total. The maximum atomic E-state index is 9.82. The average molecular weight is 227 g/mol. The van der Waals surface area contributed by atoms with Gasteiger partial charge in [0.25, 0.3) is 0 Å². The highest BCUT2D eigenvalue weighted by atomic mass is 16.3. The first kappa shape index (κ1) is 10.7. The summed E-state index contributed by atoms with van der Waals surface area (Å²) in [6.07, 6.45) is 3.81. The summed E-state index contributed by atoms with van der Waals surface area (Å²) >= 11 is 0. The molecule has 3 atom stereocenters. The normalized spacial score (nSPS) is 28.7. The number of fused-ring (bicyclic) bond motifs is 1. The molecule has 1 aliphatic rings. The monoisotopic (exact) mass is 227 g/mol. The molecule has 1 aromatic heterocycles. The molecule has 3 rings (SSSR count). The van der Waals surface area contributed by atoms with Crippen LogP contribution in [-0.2, 0) is 0 Å². The molecule has 0 radical (unpaired) electrons. The molecule has 0 spiro atoms. The van der Waals surface area contributed by atoms with Gasteiger partial charge in [-0.05, 0) is 42.4 Å². The van der Waals surface area contributed by atoms with Crippen LogP contribution in [0.25, 0.3) is 10.9 Å². The van der Waals surface area contributed by atoms with Crippen molar-refractivity contribution in [1.29, 1.82) is 0 Å². The molecular formula is C15H17NO. The SMILES string of the molecule is CC1C(O)CCC1c1cnc2ccccc2c1. The van der Waals surface area contributed by atoms with Gasteiger partial charge in [0, 0.05) is 11.6 Å². The highest BCUT2D eigenvalue weighted by Gasteiger charge is 2.32. The molecule has 1 saturated carbocycles. The number of aromatic nitrogens is 1. The minimum Gasteiger partial charge on any atom is -0.393 e. The predicted molar refractivity (Wildman–Crippen MR) is 68.9 cm³/mol. The molecule has 1 aromatic carbocycles. The fraction of sp³-hybridized carbons (Fsp3) is 0.400. The Morgan fingerprint density at radius 1 is 1.24 bits per heavy atom. The molecule has 0 saturated heterocycles. The third-order valence-electron chi connectivity index (χ3n) is 4.05. The number of para-hydroxylation sites is 1. The smallest absolute Gasteiger partial charge is 0.0702 e. The maximum Gasteiger partial charge on any atom is 0.0702 e. The van der Waals surface area contributed by atoms with Crippen molar-refractivity contribution < 1.29 is 5.11 Å². The Morgan fingerprint density at radius 3 is 2.82 bits per heavy atom. The number of hydrogen-bond acceptors (Lipinski definition) is 2. The third kappa shape index (κ3) is 1.83. The van der Waals surface area contributed by atoms with Crippen molar-refractivity contribution in [3.05, 3.63) is 42.1 Å². The minimum absolute atomic E-state index is 0.147. The van der Waals surface area contributed by atoms with Gasteiger partial charge in [-0.15, -0.1) is 0 Å². The van der Waals surface area contributed by atoms with Crippen LogP contribution >= 0.6 is 0 Å². The highest BCUT2D eigenvalue weighted by Crippen LogP contribution is 2.39. The molecule has 2 heteroatoms. The summed E-state index contributed by atoms with van der Waals surface area (Å²) in [5.74, 6) is 0.806. The lowest BCUT2D eigenvalue weighted by molar-refractivity contribution is 0.136. The molecule has 3 unspecified atom stereocenters. The number of nitrogens with zero attached hydrogens (tertiary/aromatic N) is 1. The molecule has 1 heterocycles. The lowest BCUT2D eigenvalue weighted by atomic mass is 9.90. The van der Waals surface area contributed by atoms with E-state index in [-0.39, 0.29) is 6.10 Å². The summed E-state index contributed by atoms with van der Waals surface area (Å²) in [6, 6.07) is 10.4. The Labute approximate surface area is 101 Å². The highest BCUT2D eigenvalue weighted by molar-refractivity contribution is 5.78. The second-order valence-corrected chi connectivity index (χ2v) is 5.07. The molecule has 0 aliphatic heterocycles. The van der Waals surface area contributed by atoms with E-state index in [0.29, 0.717) is 11.8 Å². The Kier molecular flexibility index (Phi) is 2.60. The summed E-state index contributed by atoms with van der Waals surface area (Å²) in [5.41, 5.74) is 2.31. The Morgan fingerprint density at radius 2 is 2.06 bits per heavy atom. The van der Waals surface area contributed by atoms with Crippen LogP contribution in [0.5, 0.6) is 0 Å². The van der Waals surface area contributed by atoms with E-state index < -0.39 is 0 Å². The molecule has 1 N–H and O–H groups in total. The van der Waals surface area contributed by atoms with Crippen molar-refractivity contribution in [3.8, 4) is 0 Å². The van der Waals surface area contributed by atoms with Crippen LogP contribution in [0, 0.1) is 5.92 Å². The van der Waals surface area contributed by atoms with Crippen LogP contribution in [0.1, 0.15) is 31.2 Å². The fourth-order valence-corrected chi connectivity index (χ4v) is 2.91. The average Bonchev–Trinajstić information content (AvgIpc) is 2.70. The number of benzene rings is 1. The molecule has 88 valence electrons. The van der Waals surface area contributed by atoms with E-state index in [2.05, 4.69) is 24.0 Å². The van der Waals surface area contributed by atoms with Gasteiger partial charge in [0.2, 0.25) is 0 Å². The van der Waals surface area contributed by atoms with Crippen molar-refractivity contribution >= 4 is 10.9 Å². The molecular weight excluding hydrogens is 210 g/mol. The first-order chi connectivity index (χ1) is 8.25. The van der Waals surface area contributed by atoms with Gasteiger partial charge in [-0.25, -0.2) is 0 Å². The van der Waals surface area contributed by atoms with Crippen molar-refractivity contribution in [3.63, 3.8) is 0 Å². The second kappa shape index (κ2) is 4.11. The number of aliphatic hydroxyl groups is 1. The first-order valence-electron chi connectivity index (χ1n) is 6.28. The largest absolute Gasteiger partial charge is 0.393 e. The standard InChI is InChI=1S/C15H17NO/c1-10-13(6-7-15(10)17)12-8-11-4-2-3-5-14(11)16-9-12/h2-5,8-10,13,15,17H,6-7H2,1H3. The van der Waals surface area contributed by atoms with Gasteiger partial charge >= 0.3 is 0 Å². The first-order valence-corrected chi connectivity index (χ1v) is 6.28. The van der Waals surface area contributed by atoms with Crippen LogP contribution in [0.3, 0.4) is 0 Å². The quantitative estimate of drug-likeness (QED) is 0.812. The zero-order valence-electron chi connectivity index (χ0n) is 10.0. The van der Waals surface area contributed by atoms with E-state index in [1.165, 1.54) is 10.9 Å². The van der Waals surface area contributed by atoms with Gasteiger partial charge in [0.1, 0.15) is 0 Å². The Hall–Kier alpha value is -1.41.